The number of ether oxygens (including phenoxy) is 2. The van der Waals surface area contributed by atoms with Crippen molar-refractivity contribution in [2.75, 3.05) is 39.7 Å². The van der Waals surface area contributed by atoms with E-state index in [0.717, 1.165) is 18.1 Å². The van der Waals surface area contributed by atoms with Crippen LogP contribution in [0.5, 0.6) is 0 Å². The van der Waals surface area contributed by atoms with Gasteiger partial charge in [0, 0.05) is 32.4 Å². The first kappa shape index (κ1) is 19.6. The number of carbonyl (C=O) groups excluding carboxylic acids is 2. The van der Waals surface area contributed by atoms with Crippen LogP contribution in [0.1, 0.15) is 12.5 Å². The van der Waals surface area contributed by atoms with Crippen molar-refractivity contribution in [1.82, 2.24) is 10.2 Å². The summed E-state index contributed by atoms with van der Waals surface area (Å²) in [6.45, 7) is 3.97. The number of benzene rings is 1. The lowest BCUT2D eigenvalue weighted by atomic mass is 9.99. The highest BCUT2D eigenvalue weighted by atomic mass is 16.5. The van der Waals surface area contributed by atoms with Gasteiger partial charge in [0.1, 0.15) is 0 Å². The normalized spacial score (nSPS) is 19.8. The van der Waals surface area contributed by atoms with E-state index in [9.17, 15) is 9.59 Å². The molecule has 1 aromatic rings. The Morgan fingerprint density at radius 1 is 1.19 bits per heavy atom. The zero-order valence-corrected chi connectivity index (χ0v) is 15.6. The average Bonchev–Trinajstić information content (AvgIpc) is 3.04. The number of methoxy groups -OCH3 is 2. The molecule has 8 heteroatoms. The second kappa shape index (κ2) is 9.07. The van der Waals surface area contributed by atoms with Gasteiger partial charge in [0.2, 0.25) is 0 Å². The first-order chi connectivity index (χ1) is 12.5. The van der Waals surface area contributed by atoms with E-state index in [2.05, 4.69) is 25.3 Å². The molecule has 1 aliphatic heterocycles. The fraction of sp³-hybridized carbons (Fsp3) is 0.500. The Kier molecular flexibility index (Phi) is 6.82. The number of amides is 1. The van der Waals surface area contributed by atoms with E-state index in [4.69, 9.17) is 4.74 Å². The van der Waals surface area contributed by atoms with Crippen LogP contribution in [0.4, 0.5) is 10.5 Å². The van der Waals surface area contributed by atoms with Gasteiger partial charge in [0.25, 0.3) is 0 Å². The van der Waals surface area contributed by atoms with Gasteiger partial charge in [-0.2, -0.15) is 0 Å². The molecule has 1 aliphatic rings. The predicted octanol–water partition coefficient (Wildman–Crippen LogP) is 1.68. The fourth-order valence-electron chi connectivity index (χ4n) is 2.99. The van der Waals surface area contributed by atoms with E-state index >= 15 is 0 Å². The van der Waals surface area contributed by atoms with Crippen LogP contribution in [-0.2, 0) is 20.8 Å². The molecule has 2 atom stereocenters. The maximum absolute atomic E-state index is 11.8. The van der Waals surface area contributed by atoms with Crippen LogP contribution < -0.4 is 10.6 Å². The molecule has 0 bridgehead atoms. The SMILES string of the molecule is CN=C(NCc1ccc(NC(=O)OC)cc1)N1CC(C)C(C(=O)OC)C1. The van der Waals surface area contributed by atoms with Gasteiger partial charge in [-0.05, 0) is 23.6 Å². The van der Waals surface area contributed by atoms with Crippen LogP contribution in [0, 0.1) is 11.8 Å². The minimum absolute atomic E-state index is 0.137. The van der Waals surface area contributed by atoms with Gasteiger partial charge >= 0.3 is 12.1 Å². The lowest BCUT2D eigenvalue weighted by molar-refractivity contribution is -0.145. The smallest absolute Gasteiger partial charge is 0.411 e. The molecule has 0 saturated carbocycles. The number of aliphatic imine (C=N–C) groups is 1. The molecule has 8 nitrogen and oxygen atoms in total. The Labute approximate surface area is 153 Å². The van der Waals surface area contributed by atoms with Crippen LogP contribution in [0.25, 0.3) is 0 Å². The third-order valence-corrected chi connectivity index (χ3v) is 4.46. The fourth-order valence-corrected chi connectivity index (χ4v) is 2.99. The minimum Gasteiger partial charge on any atom is -0.469 e. The molecule has 0 aliphatic carbocycles. The highest BCUT2D eigenvalue weighted by Crippen LogP contribution is 2.24. The summed E-state index contributed by atoms with van der Waals surface area (Å²) in [5, 5.41) is 5.92. The van der Waals surface area contributed by atoms with Crippen molar-refractivity contribution in [2.45, 2.75) is 13.5 Å². The van der Waals surface area contributed by atoms with E-state index in [1.165, 1.54) is 14.2 Å². The number of nitrogens with zero attached hydrogens (tertiary/aromatic N) is 2. The van der Waals surface area contributed by atoms with Crippen LogP contribution >= 0.6 is 0 Å². The maximum Gasteiger partial charge on any atom is 0.411 e. The van der Waals surface area contributed by atoms with E-state index < -0.39 is 6.09 Å². The molecule has 2 N–H and O–H groups in total. The number of hydrogen-bond donors (Lipinski definition) is 2. The molecule has 1 saturated heterocycles. The molecule has 1 aromatic carbocycles. The lowest BCUT2D eigenvalue weighted by Crippen LogP contribution is -2.40. The molecular formula is C18H26N4O4. The number of anilines is 1. The zero-order chi connectivity index (χ0) is 19.1. The number of carbonyl (C=O) groups is 2. The van der Waals surface area contributed by atoms with E-state index in [-0.39, 0.29) is 17.8 Å². The van der Waals surface area contributed by atoms with E-state index in [1.807, 2.05) is 31.2 Å². The number of nitrogens with one attached hydrogen (secondary N) is 2. The van der Waals surface area contributed by atoms with Gasteiger partial charge in [0.05, 0.1) is 20.1 Å². The minimum atomic E-state index is -0.500. The molecule has 0 aromatic heterocycles. The van der Waals surface area contributed by atoms with Gasteiger partial charge in [-0.3, -0.25) is 15.1 Å². The maximum atomic E-state index is 11.8. The Morgan fingerprint density at radius 3 is 2.46 bits per heavy atom. The van der Waals surface area contributed by atoms with Crippen LogP contribution in [0.2, 0.25) is 0 Å². The second-order valence-electron chi connectivity index (χ2n) is 6.23. The first-order valence-electron chi connectivity index (χ1n) is 8.45. The Balaban J connectivity index is 1.91. The monoisotopic (exact) mass is 362 g/mol. The van der Waals surface area contributed by atoms with Gasteiger partial charge in [-0.1, -0.05) is 19.1 Å². The van der Waals surface area contributed by atoms with Gasteiger partial charge in [-0.15, -0.1) is 0 Å². The predicted molar refractivity (Wildman–Crippen MR) is 98.9 cm³/mol. The number of hydrogen-bond acceptors (Lipinski definition) is 5. The van der Waals surface area contributed by atoms with Gasteiger partial charge in [-0.25, -0.2) is 4.79 Å². The van der Waals surface area contributed by atoms with Crippen LogP contribution in [0.15, 0.2) is 29.3 Å². The Morgan fingerprint density at radius 2 is 1.88 bits per heavy atom. The molecule has 1 heterocycles. The molecule has 2 rings (SSSR count). The summed E-state index contributed by atoms with van der Waals surface area (Å²) >= 11 is 0. The topological polar surface area (TPSA) is 92.3 Å². The van der Waals surface area contributed by atoms with Crippen molar-refractivity contribution in [2.24, 2.45) is 16.8 Å². The summed E-state index contributed by atoms with van der Waals surface area (Å²) in [6, 6.07) is 7.44. The number of guanidine groups is 1. The van der Waals surface area contributed by atoms with E-state index in [0.29, 0.717) is 18.8 Å². The Bertz CT molecular complexity index is 660. The van der Waals surface area contributed by atoms with Crippen LogP contribution in [0.3, 0.4) is 0 Å². The van der Waals surface area contributed by atoms with Crippen LogP contribution in [-0.4, -0.2) is 57.3 Å². The molecule has 142 valence electrons. The summed E-state index contributed by atoms with van der Waals surface area (Å²) in [4.78, 5) is 29.4. The molecule has 1 amide bonds. The molecule has 0 radical (unpaired) electrons. The number of likely N-dealkylation sites (tertiary alicyclic amines) is 1. The van der Waals surface area contributed by atoms with E-state index in [1.54, 1.807) is 7.05 Å². The molecular weight excluding hydrogens is 336 g/mol. The second-order valence-corrected chi connectivity index (χ2v) is 6.23. The molecule has 2 unspecified atom stereocenters. The zero-order valence-electron chi connectivity index (χ0n) is 15.6. The summed E-state index contributed by atoms with van der Waals surface area (Å²) in [7, 11) is 4.47. The molecule has 0 spiro atoms. The van der Waals surface area contributed by atoms with Crippen molar-refractivity contribution >= 4 is 23.7 Å². The van der Waals surface area contributed by atoms with Gasteiger partial charge < -0.3 is 19.7 Å². The lowest BCUT2D eigenvalue weighted by Gasteiger charge is -2.21. The first-order valence-corrected chi connectivity index (χ1v) is 8.45. The summed E-state index contributed by atoms with van der Waals surface area (Å²) in [5.74, 6) is 0.649. The summed E-state index contributed by atoms with van der Waals surface area (Å²) in [5.41, 5.74) is 1.71. The van der Waals surface area contributed by atoms with Crippen molar-refractivity contribution < 1.29 is 19.1 Å². The van der Waals surface area contributed by atoms with Crippen molar-refractivity contribution in [3.8, 4) is 0 Å². The highest BCUT2D eigenvalue weighted by molar-refractivity contribution is 5.84. The summed E-state index contributed by atoms with van der Waals surface area (Å²) in [6.07, 6.45) is -0.500. The quantitative estimate of drug-likeness (QED) is 0.481. The van der Waals surface area contributed by atoms with Crippen molar-refractivity contribution in [1.29, 1.82) is 0 Å². The molecule has 26 heavy (non-hydrogen) atoms. The third-order valence-electron chi connectivity index (χ3n) is 4.46. The molecule has 1 fully saturated rings. The Hall–Kier alpha value is -2.77. The standard InChI is InChI=1S/C18H26N4O4/c1-12-10-22(11-15(12)16(23)25-3)17(19-2)20-9-13-5-7-14(8-6-13)21-18(24)26-4/h5-8,12,15H,9-11H2,1-4H3,(H,19,20)(H,21,24). The number of rotatable bonds is 4. The largest absolute Gasteiger partial charge is 0.469 e. The van der Waals surface area contributed by atoms with Crippen molar-refractivity contribution in [3.05, 3.63) is 29.8 Å². The van der Waals surface area contributed by atoms with Gasteiger partial charge in [0.15, 0.2) is 5.96 Å². The number of esters is 1. The highest BCUT2D eigenvalue weighted by Gasteiger charge is 2.36. The average molecular weight is 362 g/mol. The van der Waals surface area contributed by atoms with Crippen molar-refractivity contribution in [3.63, 3.8) is 0 Å². The third kappa shape index (κ3) is 4.87. The summed E-state index contributed by atoms with van der Waals surface area (Å²) < 4.78 is 9.44.